The minimum atomic E-state index is -3.52. The Morgan fingerprint density at radius 1 is 1.17 bits per heavy atom. The number of anilines is 1. The molecular formula is C21H28N4O4S. The number of fused-ring (bicyclic) bond motifs is 1. The number of sulfonamides is 1. The van der Waals surface area contributed by atoms with Gasteiger partial charge in [-0.3, -0.25) is 9.69 Å². The van der Waals surface area contributed by atoms with E-state index in [2.05, 4.69) is 10.5 Å². The van der Waals surface area contributed by atoms with Crippen LogP contribution < -0.4 is 5.32 Å². The fraction of sp³-hybridized carbons (Fsp3) is 0.524. The van der Waals surface area contributed by atoms with Gasteiger partial charge in [0, 0.05) is 32.2 Å². The van der Waals surface area contributed by atoms with Gasteiger partial charge in [0.25, 0.3) is 0 Å². The lowest BCUT2D eigenvalue weighted by Gasteiger charge is -2.37. The number of hydrogen-bond acceptors (Lipinski definition) is 6. The van der Waals surface area contributed by atoms with E-state index in [-0.39, 0.29) is 11.9 Å². The topological polar surface area (TPSA) is 95.8 Å². The second-order valence-corrected chi connectivity index (χ2v) is 9.90. The lowest BCUT2D eigenvalue weighted by molar-refractivity contribution is -0.121. The molecule has 1 aliphatic carbocycles. The number of amides is 1. The molecule has 1 unspecified atom stereocenters. The third kappa shape index (κ3) is 4.14. The van der Waals surface area contributed by atoms with Crippen LogP contribution in [0, 0.1) is 6.92 Å². The number of benzene rings is 1. The molecule has 2 aliphatic rings. The maximum absolute atomic E-state index is 13.1. The summed E-state index contributed by atoms with van der Waals surface area (Å²) in [5.74, 6) is 0.873. The number of nitrogens with zero attached hydrogens (tertiary/aromatic N) is 3. The Hall–Kier alpha value is -2.23. The number of piperazine rings is 1. The first-order valence-corrected chi connectivity index (χ1v) is 11.9. The Morgan fingerprint density at radius 3 is 2.57 bits per heavy atom. The average Bonchev–Trinajstić information content (AvgIpc) is 3.37. The summed E-state index contributed by atoms with van der Waals surface area (Å²) in [6.07, 6.45) is 3.69. The van der Waals surface area contributed by atoms with Crippen molar-refractivity contribution in [1.82, 2.24) is 14.4 Å². The van der Waals surface area contributed by atoms with Crippen LogP contribution >= 0.6 is 0 Å². The predicted molar refractivity (Wildman–Crippen MR) is 113 cm³/mol. The normalized spacial score (nSPS) is 18.9. The van der Waals surface area contributed by atoms with Crippen LogP contribution in [0.3, 0.4) is 0 Å². The summed E-state index contributed by atoms with van der Waals surface area (Å²) in [6.45, 7) is 5.47. The molecule has 2 aromatic rings. The summed E-state index contributed by atoms with van der Waals surface area (Å²) in [5, 5.41) is 6.59. The molecule has 1 N–H and O–H groups in total. The zero-order valence-electron chi connectivity index (χ0n) is 17.4. The van der Waals surface area contributed by atoms with Crippen LogP contribution in [-0.2, 0) is 27.7 Å². The smallest absolute Gasteiger partial charge is 0.243 e. The largest absolute Gasteiger partial charge is 0.360 e. The molecular weight excluding hydrogens is 404 g/mol. The molecule has 162 valence electrons. The lowest BCUT2D eigenvalue weighted by atomic mass is 10.1. The van der Waals surface area contributed by atoms with Crippen LogP contribution in [0.2, 0.25) is 0 Å². The first kappa shape index (κ1) is 21.0. The molecule has 1 atom stereocenters. The Kier molecular flexibility index (Phi) is 5.95. The third-order valence-corrected chi connectivity index (χ3v) is 7.88. The van der Waals surface area contributed by atoms with Crippen molar-refractivity contribution in [2.45, 2.75) is 50.5 Å². The van der Waals surface area contributed by atoms with Crippen molar-refractivity contribution in [2.24, 2.45) is 0 Å². The summed E-state index contributed by atoms with van der Waals surface area (Å²) >= 11 is 0. The van der Waals surface area contributed by atoms with Crippen LogP contribution in [0.15, 0.2) is 33.7 Å². The van der Waals surface area contributed by atoms with Gasteiger partial charge in [-0.05, 0) is 55.9 Å². The molecule has 1 saturated heterocycles. The van der Waals surface area contributed by atoms with Crippen molar-refractivity contribution in [1.29, 1.82) is 0 Å². The summed E-state index contributed by atoms with van der Waals surface area (Å²) < 4.78 is 32.8. The molecule has 9 heteroatoms. The molecule has 0 bridgehead atoms. The Bertz CT molecular complexity index is 1030. The second kappa shape index (κ2) is 8.49. The number of aromatic nitrogens is 1. The number of nitrogens with one attached hydrogen (secondary N) is 1. The number of carbonyl (C=O) groups is 1. The highest BCUT2D eigenvalue weighted by Crippen LogP contribution is 2.27. The quantitative estimate of drug-likeness (QED) is 0.752. The van der Waals surface area contributed by atoms with E-state index in [1.165, 1.54) is 9.87 Å². The molecule has 30 heavy (non-hydrogen) atoms. The molecule has 1 aliphatic heterocycles. The van der Waals surface area contributed by atoms with E-state index in [9.17, 15) is 13.2 Å². The molecule has 8 nitrogen and oxygen atoms in total. The van der Waals surface area contributed by atoms with Crippen LogP contribution in [0.4, 0.5) is 5.82 Å². The van der Waals surface area contributed by atoms with Crippen molar-refractivity contribution in [3.63, 3.8) is 0 Å². The van der Waals surface area contributed by atoms with E-state index in [4.69, 9.17) is 4.52 Å². The predicted octanol–water partition coefficient (Wildman–Crippen LogP) is 2.20. The van der Waals surface area contributed by atoms with Gasteiger partial charge in [-0.1, -0.05) is 18.1 Å². The number of hydrogen-bond donors (Lipinski definition) is 1. The van der Waals surface area contributed by atoms with Gasteiger partial charge < -0.3 is 9.84 Å². The van der Waals surface area contributed by atoms with Crippen LogP contribution in [0.5, 0.6) is 0 Å². The maximum atomic E-state index is 13.1. The Morgan fingerprint density at radius 2 is 1.90 bits per heavy atom. The van der Waals surface area contributed by atoms with Gasteiger partial charge in [0.2, 0.25) is 15.9 Å². The zero-order chi connectivity index (χ0) is 21.3. The van der Waals surface area contributed by atoms with E-state index >= 15 is 0 Å². The van der Waals surface area contributed by atoms with Gasteiger partial charge in [-0.25, -0.2) is 8.42 Å². The summed E-state index contributed by atoms with van der Waals surface area (Å²) in [7, 11) is -3.52. The minimum absolute atomic E-state index is 0.152. The highest BCUT2D eigenvalue weighted by atomic mass is 32.2. The Balaban J connectivity index is 1.40. The number of aryl methyl sites for hydroxylation is 3. The monoisotopic (exact) mass is 432 g/mol. The first-order valence-electron chi connectivity index (χ1n) is 10.5. The standard InChI is InChI=1S/C21H28N4O4S/c1-3-19(21(26)22-20-13-15(2)29-23-20)24-9-11-25(12-10-24)30(27,28)18-8-7-16-5-4-6-17(16)14-18/h7-8,13-14,19H,3-6,9-12H2,1-2H3,(H,22,23,26). The molecule has 1 amide bonds. The highest BCUT2D eigenvalue weighted by Gasteiger charge is 2.33. The van der Waals surface area contributed by atoms with E-state index in [0.717, 1.165) is 24.8 Å². The van der Waals surface area contributed by atoms with E-state index < -0.39 is 10.0 Å². The lowest BCUT2D eigenvalue weighted by Crippen LogP contribution is -2.54. The zero-order valence-corrected chi connectivity index (χ0v) is 18.2. The molecule has 1 aromatic carbocycles. The molecule has 4 rings (SSSR count). The summed E-state index contributed by atoms with van der Waals surface area (Å²) in [5.41, 5.74) is 2.42. The Labute approximate surface area is 177 Å². The van der Waals surface area contributed by atoms with Crippen molar-refractivity contribution in [3.8, 4) is 0 Å². The number of carbonyl (C=O) groups excluding carboxylic acids is 1. The SMILES string of the molecule is CCC(C(=O)Nc1cc(C)on1)N1CCN(S(=O)(=O)c2ccc3c(c2)CCC3)CC1. The van der Waals surface area contributed by atoms with Crippen molar-refractivity contribution < 1.29 is 17.7 Å². The third-order valence-electron chi connectivity index (χ3n) is 5.99. The molecule has 0 radical (unpaired) electrons. The summed E-state index contributed by atoms with van der Waals surface area (Å²) in [6, 6.07) is 6.85. The van der Waals surface area contributed by atoms with Gasteiger partial charge in [0.15, 0.2) is 5.82 Å². The summed E-state index contributed by atoms with van der Waals surface area (Å²) in [4.78, 5) is 15.1. The number of rotatable bonds is 6. The van der Waals surface area contributed by atoms with Crippen LogP contribution in [0.1, 0.15) is 36.7 Å². The van der Waals surface area contributed by atoms with Gasteiger partial charge in [-0.2, -0.15) is 4.31 Å². The van der Waals surface area contributed by atoms with Gasteiger partial charge in [-0.15, -0.1) is 0 Å². The van der Waals surface area contributed by atoms with Crippen molar-refractivity contribution in [2.75, 3.05) is 31.5 Å². The van der Waals surface area contributed by atoms with E-state index in [1.807, 2.05) is 24.0 Å². The van der Waals surface area contributed by atoms with E-state index in [1.54, 1.807) is 19.1 Å². The van der Waals surface area contributed by atoms with Crippen LogP contribution in [-0.4, -0.2) is 60.9 Å². The average molecular weight is 433 g/mol. The fourth-order valence-electron chi connectivity index (χ4n) is 4.36. The first-order chi connectivity index (χ1) is 14.4. The highest BCUT2D eigenvalue weighted by molar-refractivity contribution is 7.89. The van der Waals surface area contributed by atoms with Gasteiger partial charge in [0.1, 0.15) is 5.76 Å². The molecule has 1 aromatic heterocycles. The maximum Gasteiger partial charge on any atom is 0.243 e. The molecule has 2 heterocycles. The molecule has 1 fully saturated rings. The minimum Gasteiger partial charge on any atom is -0.360 e. The van der Waals surface area contributed by atoms with Crippen LogP contribution in [0.25, 0.3) is 0 Å². The fourth-order valence-corrected chi connectivity index (χ4v) is 5.83. The van der Waals surface area contributed by atoms with E-state index in [0.29, 0.717) is 49.1 Å². The van der Waals surface area contributed by atoms with Crippen molar-refractivity contribution in [3.05, 3.63) is 41.2 Å². The second-order valence-electron chi connectivity index (χ2n) is 7.96. The van der Waals surface area contributed by atoms with Crippen molar-refractivity contribution >= 4 is 21.7 Å². The van der Waals surface area contributed by atoms with Gasteiger partial charge in [0.05, 0.1) is 10.9 Å². The molecule has 0 saturated carbocycles. The van der Waals surface area contributed by atoms with Gasteiger partial charge >= 0.3 is 0 Å². The molecule has 0 spiro atoms.